The average Bonchev–Trinajstić information content (AvgIpc) is 2.97. The van der Waals surface area contributed by atoms with Crippen LogP contribution in [0.15, 0.2) is 47.8 Å². The molecule has 0 amide bonds. The summed E-state index contributed by atoms with van der Waals surface area (Å²) < 4.78 is 1.65. The van der Waals surface area contributed by atoms with Crippen molar-refractivity contribution in [3.05, 3.63) is 54.1 Å². The summed E-state index contributed by atoms with van der Waals surface area (Å²) in [5, 5.41) is 10.1. The molecule has 3 aromatic rings. The van der Waals surface area contributed by atoms with E-state index in [2.05, 4.69) is 9.97 Å². The van der Waals surface area contributed by atoms with E-state index in [0.29, 0.717) is 21.9 Å². The van der Waals surface area contributed by atoms with Gasteiger partial charge in [-0.15, -0.1) is 0 Å². The van der Waals surface area contributed by atoms with E-state index in [0.717, 1.165) is 17.1 Å². The second kappa shape index (κ2) is 6.21. The van der Waals surface area contributed by atoms with Crippen molar-refractivity contribution in [1.29, 1.82) is 0 Å². The lowest BCUT2D eigenvalue weighted by molar-refractivity contribution is -0.133. The molecule has 2 heterocycles. The summed E-state index contributed by atoms with van der Waals surface area (Å²) in [7, 11) is 1.75. The van der Waals surface area contributed by atoms with Crippen molar-refractivity contribution in [3.8, 4) is 0 Å². The first kappa shape index (κ1) is 15.2. The van der Waals surface area contributed by atoms with E-state index >= 15 is 0 Å². The Labute approximate surface area is 136 Å². The van der Waals surface area contributed by atoms with Crippen LogP contribution in [-0.2, 0) is 11.8 Å². The summed E-state index contributed by atoms with van der Waals surface area (Å²) in [6.45, 7) is 0. The van der Waals surface area contributed by atoms with Gasteiger partial charge in [0.05, 0.1) is 16.3 Å². The number of benzene rings is 1. The summed E-state index contributed by atoms with van der Waals surface area (Å²) in [5.74, 6) is -0.924. The first-order valence-electron chi connectivity index (χ1n) is 6.82. The van der Waals surface area contributed by atoms with Gasteiger partial charge in [0.25, 0.3) is 0 Å². The summed E-state index contributed by atoms with van der Waals surface area (Å²) in [6.07, 6.45) is 3.27. The number of nitrogens with zero attached hydrogens (tertiary/aromatic N) is 3. The molecular weight excluding hydrogens is 314 g/mol. The highest BCUT2D eigenvalue weighted by Gasteiger charge is 2.18. The molecule has 7 heteroatoms. The number of para-hydroxylation sites is 1. The number of aromatic nitrogens is 3. The zero-order valence-electron chi connectivity index (χ0n) is 12.3. The fourth-order valence-electron chi connectivity index (χ4n) is 2.25. The lowest BCUT2D eigenvalue weighted by Crippen LogP contribution is -2.10. The molecule has 3 rings (SSSR count). The molecule has 0 aliphatic rings. The van der Waals surface area contributed by atoms with E-state index in [1.54, 1.807) is 36.1 Å². The van der Waals surface area contributed by atoms with E-state index in [9.17, 15) is 9.59 Å². The molecule has 116 valence electrons. The fraction of sp³-hybridized carbons (Fsp3) is 0.125. The smallest absolute Gasteiger partial charge is 0.313 e. The number of carboxylic acids is 1. The molecule has 0 bridgehead atoms. The van der Waals surface area contributed by atoms with Gasteiger partial charge in [-0.05, 0) is 12.1 Å². The van der Waals surface area contributed by atoms with Crippen LogP contribution in [0.2, 0.25) is 0 Å². The number of fused-ring (bicyclic) bond motifs is 1. The SMILES string of the molecule is Cn1ccnc1C(=O)c1cc(SCC(=O)O)nc2ccccc12. The average molecular weight is 327 g/mol. The Morgan fingerprint density at radius 3 is 2.78 bits per heavy atom. The van der Waals surface area contributed by atoms with Gasteiger partial charge in [-0.25, -0.2) is 9.97 Å². The van der Waals surface area contributed by atoms with Crippen LogP contribution >= 0.6 is 11.8 Å². The van der Waals surface area contributed by atoms with Crippen molar-refractivity contribution in [2.45, 2.75) is 5.03 Å². The van der Waals surface area contributed by atoms with Gasteiger partial charge < -0.3 is 9.67 Å². The summed E-state index contributed by atoms with van der Waals surface area (Å²) in [6, 6.07) is 8.92. The van der Waals surface area contributed by atoms with Crippen molar-refractivity contribution < 1.29 is 14.7 Å². The number of carbonyl (C=O) groups is 2. The van der Waals surface area contributed by atoms with Crippen LogP contribution in [0.1, 0.15) is 16.2 Å². The van der Waals surface area contributed by atoms with Crippen molar-refractivity contribution in [2.24, 2.45) is 7.05 Å². The number of imidazole rings is 1. The highest BCUT2D eigenvalue weighted by atomic mass is 32.2. The lowest BCUT2D eigenvalue weighted by atomic mass is 10.1. The second-order valence-electron chi connectivity index (χ2n) is 4.90. The van der Waals surface area contributed by atoms with Gasteiger partial charge in [-0.3, -0.25) is 9.59 Å². The van der Waals surface area contributed by atoms with Crippen LogP contribution in [0.3, 0.4) is 0 Å². The highest BCUT2D eigenvalue weighted by Crippen LogP contribution is 2.25. The van der Waals surface area contributed by atoms with Crippen molar-refractivity contribution in [3.63, 3.8) is 0 Å². The fourth-order valence-corrected chi connectivity index (χ4v) is 2.89. The number of thioether (sulfide) groups is 1. The molecule has 0 saturated carbocycles. The molecule has 0 aliphatic heterocycles. The quantitative estimate of drug-likeness (QED) is 0.572. The van der Waals surface area contributed by atoms with E-state index in [1.165, 1.54) is 0 Å². The van der Waals surface area contributed by atoms with Crippen LogP contribution < -0.4 is 0 Å². The molecule has 1 N–H and O–H groups in total. The third-order valence-corrected chi connectivity index (χ3v) is 4.20. The molecule has 1 aromatic carbocycles. The van der Waals surface area contributed by atoms with Crippen LogP contribution in [0.25, 0.3) is 10.9 Å². The number of aliphatic carboxylic acids is 1. The minimum atomic E-state index is -0.929. The zero-order chi connectivity index (χ0) is 16.4. The van der Waals surface area contributed by atoms with Crippen LogP contribution in [0.5, 0.6) is 0 Å². The maximum absolute atomic E-state index is 12.8. The Balaban J connectivity index is 2.12. The molecule has 0 unspecified atom stereocenters. The molecule has 0 atom stereocenters. The number of carboxylic acid groups (broad SMARTS) is 1. The van der Waals surface area contributed by atoms with Gasteiger partial charge in [0.1, 0.15) is 0 Å². The Hall–Kier alpha value is -2.67. The number of rotatable bonds is 5. The number of hydrogen-bond donors (Lipinski definition) is 1. The summed E-state index contributed by atoms with van der Waals surface area (Å²) in [4.78, 5) is 32.1. The van der Waals surface area contributed by atoms with Crippen molar-refractivity contribution >= 4 is 34.4 Å². The minimum absolute atomic E-state index is 0.110. The molecule has 0 aliphatic carbocycles. The molecule has 2 aromatic heterocycles. The highest BCUT2D eigenvalue weighted by molar-refractivity contribution is 7.99. The second-order valence-corrected chi connectivity index (χ2v) is 5.89. The molecule has 23 heavy (non-hydrogen) atoms. The number of aryl methyl sites for hydroxylation is 1. The largest absolute Gasteiger partial charge is 0.481 e. The molecule has 6 nitrogen and oxygen atoms in total. The predicted molar refractivity (Wildman–Crippen MR) is 86.7 cm³/mol. The Morgan fingerprint density at radius 1 is 1.30 bits per heavy atom. The zero-order valence-corrected chi connectivity index (χ0v) is 13.1. The molecule has 0 spiro atoms. The topological polar surface area (TPSA) is 85.1 Å². The predicted octanol–water partition coefficient (Wildman–Crippen LogP) is 2.38. The van der Waals surface area contributed by atoms with Crippen molar-refractivity contribution in [2.75, 3.05) is 5.75 Å². The van der Waals surface area contributed by atoms with Gasteiger partial charge in [-0.2, -0.15) is 0 Å². The molecule has 0 fully saturated rings. The van der Waals surface area contributed by atoms with Gasteiger partial charge in [0, 0.05) is 30.4 Å². The minimum Gasteiger partial charge on any atom is -0.481 e. The number of carbonyl (C=O) groups excluding carboxylic acids is 1. The van der Waals surface area contributed by atoms with Gasteiger partial charge in [-0.1, -0.05) is 30.0 Å². The first-order chi connectivity index (χ1) is 11.1. The van der Waals surface area contributed by atoms with Crippen LogP contribution in [-0.4, -0.2) is 37.1 Å². The summed E-state index contributed by atoms with van der Waals surface area (Å²) >= 11 is 1.09. The maximum Gasteiger partial charge on any atom is 0.313 e. The normalized spacial score (nSPS) is 10.8. The van der Waals surface area contributed by atoms with E-state index < -0.39 is 5.97 Å². The number of ketones is 1. The lowest BCUT2D eigenvalue weighted by Gasteiger charge is -2.08. The maximum atomic E-state index is 12.8. The third-order valence-electron chi connectivity index (χ3n) is 3.31. The standard InChI is InChI=1S/C16H13N3O3S/c1-19-7-6-17-16(19)15(22)11-8-13(23-9-14(20)21)18-12-5-3-2-4-10(11)12/h2-8H,9H2,1H3,(H,20,21). The Bertz CT molecular complexity index is 904. The Kier molecular flexibility index (Phi) is 4.12. The monoisotopic (exact) mass is 327 g/mol. The van der Waals surface area contributed by atoms with Gasteiger partial charge in [0.2, 0.25) is 5.78 Å². The van der Waals surface area contributed by atoms with E-state index in [-0.39, 0.29) is 11.5 Å². The van der Waals surface area contributed by atoms with Crippen LogP contribution in [0.4, 0.5) is 0 Å². The number of hydrogen-bond acceptors (Lipinski definition) is 5. The van der Waals surface area contributed by atoms with Crippen LogP contribution in [0, 0.1) is 0 Å². The van der Waals surface area contributed by atoms with Gasteiger partial charge >= 0.3 is 5.97 Å². The molecular formula is C16H13N3O3S. The van der Waals surface area contributed by atoms with E-state index in [4.69, 9.17) is 5.11 Å². The number of pyridine rings is 1. The first-order valence-corrected chi connectivity index (χ1v) is 7.81. The molecule has 0 saturated heterocycles. The molecule has 0 radical (unpaired) electrons. The van der Waals surface area contributed by atoms with Gasteiger partial charge in [0.15, 0.2) is 5.82 Å². The Morgan fingerprint density at radius 2 is 2.09 bits per heavy atom. The van der Waals surface area contributed by atoms with E-state index in [1.807, 2.05) is 18.2 Å². The summed E-state index contributed by atoms with van der Waals surface area (Å²) in [5.41, 5.74) is 1.12. The third kappa shape index (κ3) is 3.09. The van der Waals surface area contributed by atoms with Crippen molar-refractivity contribution in [1.82, 2.24) is 14.5 Å².